The topological polar surface area (TPSA) is 81.7 Å². The smallest absolute Gasteiger partial charge is 0.431 e. The van der Waals surface area contributed by atoms with Crippen LogP contribution in [-0.4, -0.2) is 15.8 Å². The van der Waals surface area contributed by atoms with E-state index in [-0.39, 0.29) is 18.2 Å². The lowest BCUT2D eigenvalue weighted by Gasteiger charge is -2.08. The van der Waals surface area contributed by atoms with Crippen LogP contribution in [0.15, 0.2) is 39.5 Å². The van der Waals surface area contributed by atoms with E-state index in [1.807, 2.05) is 18.2 Å². The van der Waals surface area contributed by atoms with Gasteiger partial charge in [-0.25, -0.2) is 9.59 Å². The minimum atomic E-state index is -0.954. The molecule has 0 saturated heterocycles. The summed E-state index contributed by atoms with van der Waals surface area (Å²) in [5.41, 5.74) is 0.903. The summed E-state index contributed by atoms with van der Waals surface area (Å²) >= 11 is 0. The van der Waals surface area contributed by atoms with Gasteiger partial charge in [0.25, 0.3) is 0 Å². The minimum absolute atomic E-state index is 0.0373. The van der Waals surface area contributed by atoms with Crippen LogP contribution in [0.3, 0.4) is 0 Å². The van der Waals surface area contributed by atoms with Crippen molar-refractivity contribution in [3.05, 3.63) is 52.1 Å². The third kappa shape index (κ3) is 2.74. The second-order valence-electron chi connectivity index (χ2n) is 4.59. The quantitative estimate of drug-likeness (QED) is 0.931. The molecule has 0 spiro atoms. The Morgan fingerprint density at radius 2 is 2.00 bits per heavy atom. The molecule has 106 valence electrons. The predicted molar refractivity (Wildman–Crippen MR) is 70.7 cm³/mol. The Hall–Kier alpha value is -2.50. The first-order valence-corrected chi connectivity index (χ1v) is 6.16. The van der Waals surface area contributed by atoms with E-state index >= 15 is 0 Å². The highest BCUT2D eigenvalue weighted by atomic mass is 16.6. The second kappa shape index (κ2) is 5.64. The van der Waals surface area contributed by atoms with Gasteiger partial charge in [0.1, 0.15) is 12.3 Å². The molecule has 0 aliphatic rings. The molecule has 0 amide bonds. The number of carbonyl (C=O) groups excluding carboxylic acids is 1. The average molecular weight is 277 g/mol. The molecule has 1 aromatic carbocycles. The van der Waals surface area contributed by atoms with Crippen molar-refractivity contribution in [3.8, 4) is 5.95 Å². The van der Waals surface area contributed by atoms with E-state index < -0.39 is 17.8 Å². The van der Waals surface area contributed by atoms with Crippen molar-refractivity contribution in [2.45, 2.75) is 26.4 Å². The number of carbonyl (C=O) groups is 1. The number of benzene rings is 1. The van der Waals surface area contributed by atoms with Gasteiger partial charge in [-0.2, -0.15) is 4.57 Å². The Labute approximate surface area is 115 Å². The molecule has 0 atom stereocenters. The Morgan fingerprint density at radius 3 is 2.60 bits per heavy atom. The number of aromatic hydroxyl groups is 1. The highest BCUT2D eigenvalue weighted by Crippen LogP contribution is 2.24. The average Bonchev–Trinajstić information content (AvgIpc) is 2.72. The Morgan fingerprint density at radius 1 is 1.35 bits per heavy atom. The van der Waals surface area contributed by atoms with Crippen molar-refractivity contribution in [2.24, 2.45) is 0 Å². The van der Waals surface area contributed by atoms with Crippen molar-refractivity contribution in [1.82, 2.24) is 4.57 Å². The highest BCUT2D eigenvalue weighted by Gasteiger charge is 2.24. The summed E-state index contributed by atoms with van der Waals surface area (Å²) in [6.07, 6.45) is -0.869. The SMILES string of the molecule is CC(C)c1c(O)oc(=O)n1C(=O)OCc1ccccc1. The molecule has 2 rings (SSSR count). The molecule has 0 aliphatic heterocycles. The lowest BCUT2D eigenvalue weighted by atomic mass is 10.1. The summed E-state index contributed by atoms with van der Waals surface area (Å²) in [4.78, 5) is 23.5. The first-order chi connectivity index (χ1) is 9.50. The maximum absolute atomic E-state index is 11.9. The number of nitrogens with zero attached hydrogens (tertiary/aromatic N) is 1. The van der Waals surface area contributed by atoms with Crippen LogP contribution in [-0.2, 0) is 11.3 Å². The molecule has 1 heterocycles. The van der Waals surface area contributed by atoms with Crippen molar-refractivity contribution in [1.29, 1.82) is 0 Å². The zero-order valence-electron chi connectivity index (χ0n) is 11.2. The Bertz CT molecular complexity index is 654. The van der Waals surface area contributed by atoms with Gasteiger partial charge in [0.15, 0.2) is 0 Å². The van der Waals surface area contributed by atoms with Gasteiger partial charge in [0.05, 0.1) is 0 Å². The molecule has 6 nitrogen and oxygen atoms in total. The van der Waals surface area contributed by atoms with Crippen LogP contribution in [0.25, 0.3) is 0 Å². The molecular formula is C14H15NO5. The van der Waals surface area contributed by atoms with Crippen LogP contribution in [0.1, 0.15) is 31.0 Å². The molecule has 0 saturated carbocycles. The van der Waals surface area contributed by atoms with Crippen molar-refractivity contribution >= 4 is 6.09 Å². The van der Waals surface area contributed by atoms with Gasteiger partial charge in [-0.3, -0.25) is 0 Å². The van der Waals surface area contributed by atoms with E-state index in [9.17, 15) is 14.7 Å². The van der Waals surface area contributed by atoms with Gasteiger partial charge in [0, 0.05) is 5.92 Å². The molecule has 20 heavy (non-hydrogen) atoms. The number of ether oxygens (including phenoxy) is 1. The van der Waals surface area contributed by atoms with Crippen molar-refractivity contribution in [3.63, 3.8) is 0 Å². The molecule has 1 aromatic heterocycles. The van der Waals surface area contributed by atoms with E-state index in [1.54, 1.807) is 26.0 Å². The van der Waals surface area contributed by atoms with E-state index in [1.165, 1.54) is 0 Å². The first kappa shape index (κ1) is 13.9. The van der Waals surface area contributed by atoms with Gasteiger partial charge < -0.3 is 14.3 Å². The monoisotopic (exact) mass is 277 g/mol. The summed E-state index contributed by atoms with van der Waals surface area (Å²) in [5.74, 6) is -1.77. The molecule has 1 N–H and O–H groups in total. The van der Waals surface area contributed by atoms with Crippen LogP contribution < -0.4 is 5.76 Å². The first-order valence-electron chi connectivity index (χ1n) is 6.16. The number of rotatable bonds is 3. The van der Waals surface area contributed by atoms with Crippen LogP contribution in [0.4, 0.5) is 4.79 Å². The summed E-state index contributed by atoms with van der Waals surface area (Å²) in [6.45, 7) is 3.49. The van der Waals surface area contributed by atoms with Crippen LogP contribution in [0.5, 0.6) is 5.95 Å². The van der Waals surface area contributed by atoms with Gasteiger partial charge in [-0.05, 0) is 5.56 Å². The van der Waals surface area contributed by atoms with Gasteiger partial charge in [-0.1, -0.05) is 44.2 Å². The van der Waals surface area contributed by atoms with Gasteiger partial charge >= 0.3 is 17.8 Å². The van der Waals surface area contributed by atoms with Crippen LogP contribution in [0.2, 0.25) is 0 Å². The van der Waals surface area contributed by atoms with E-state index in [0.717, 1.165) is 5.56 Å². The number of hydrogen-bond acceptors (Lipinski definition) is 5. The third-order valence-electron chi connectivity index (χ3n) is 2.76. The minimum Gasteiger partial charge on any atom is -0.479 e. The van der Waals surface area contributed by atoms with Crippen LogP contribution in [0, 0.1) is 0 Å². The number of hydrogen-bond donors (Lipinski definition) is 1. The van der Waals surface area contributed by atoms with E-state index in [2.05, 4.69) is 4.42 Å². The molecule has 0 radical (unpaired) electrons. The third-order valence-corrected chi connectivity index (χ3v) is 2.76. The summed E-state index contributed by atoms with van der Waals surface area (Å²) < 4.78 is 10.3. The summed E-state index contributed by atoms with van der Waals surface area (Å²) in [5, 5.41) is 9.52. The Kier molecular flexibility index (Phi) is 3.93. The fourth-order valence-corrected chi connectivity index (χ4v) is 1.84. The van der Waals surface area contributed by atoms with Gasteiger partial charge in [0.2, 0.25) is 0 Å². The van der Waals surface area contributed by atoms with Crippen molar-refractivity contribution in [2.75, 3.05) is 0 Å². The molecule has 0 unspecified atom stereocenters. The molecule has 2 aromatic rings. The lowest BCUT2D eigenvalue weighted by Crippen LogP contribution is -2.26. The number of aromatic nitrogens is 1. The molecule has 0 fully saturated rings. The lowest BCUT2D eigenvalue weighted by molar-refractivity contribution is 0.138. The van der Waals surface area contributed by atoms with Gasteiger partial charge in [-0.15, -0.1) is 0 Å². The highest BCUT2D eigenvalue weighted by molar-refractivity contribution is 5.71. The maximum Gasteiger partial charge on any atom is 0.431 e. The largest absolute Gasteiger partial charge is 0.479 e. The Balaban J connectivity index is 2.20. The normalized spacial score (nSPS) is 10.8. The predicted octanol–water partition coefficient (Wildman–Crippen LogP) is 2.46. The van der Waals surface area contributed by atoms with Crippen LogP contribution >= 0.6 is 0 Å². The fourth-order valence-electron chi connectivity index (χ4n) is 1.84. The molecular weight excluding hydrogens is 262 g/mol. The standard InChI is InChI=1S/C14H15NO5/c1-9(2)11-12(16)20-14(18)15(11)13(17)19-8-10-6-4-3-5-7-10/h3-7,9,16H,8H2,1-2H3. The molecule has 0 bridgehead atoms. The van der Waals surface area contributed by atoms with E-state index in [0.29, 0.717) is 4.57 Å². The number of oxazole rings is 1. The van der Waals surface area contributed by atoms with Crippen molar-refractivity contribution < 1.29 is 19.1 Å². The summed E-state index contributed by atoms with van der Waals surface area (Å²) in [6, 6.07) is 9.08. The zero-order valence-corrected chi connectivity index (χ0v) is 11.2. The second-order valence-corrected chi connectivity index (χ2v) is 4.59. The maximum atomic E-state index is 11.9. The van der Waals surface area contributed by atoms with E-state index in [4.69, 9.17) is 4.74 Å². The zero-order chi connectivity index (χ0) is 14.7. The fraction of sp³-hybridized carbons (Fsp3) is 0.286. The molecule has 0 aliphatic carbocycles. The summed E-state index contributed by atoms with van der Waals surface area (Å²) in [7, 11) is 0. The molecule has 6 heteroatoms.